The lowest BCUT2D eigenvalue weighted by atomic mass is 10.1. The Kier molecular flexibility index (Phi) is 17.9. The van der Waals surface area contributed by atoms with Crippen LogP contribution < -0.4 is 5.32 Å². The Labute approximate surface area is 136 Å². The minimum Gasteiger partial charge on any atom is -0.378 e. The van der Waals surface area contributed by atoms with Gasteiger partial charge in [0.1, 0.15) is 6.61 Å². The molecule has 0 saturated carbocycles. The Morgan fingerprint density at radius 1 is 0.864 bits per heavy atom. The first-order valence-electron chi connectivity index (χ1n) is 8.22. The largest absolute Gasteiger partial charge is 0.378 e. The fourth-order valence-electron chi connectivity index (χ4n) is 1.49. The molecule has 0 aliphatic heterocycles. The third-order valence-corrected chi connectivity index (χ3v) is 3.08. The molecule has 22 heavy (non-hydrogen) atoms. The second-order valence-corrected chi connectivity index (χ2v) is 5.03. The molecule has 0 spiro atoms. The number of rotatable bonds is 16. The Balaban J connectivity index is 3.00. The molecule has 0 fully saturated rings. The first-order valence-corrected chi connectivity index (χ1v) is 8.22. The second-order valence-electron chi connectivity index (χ2n) is 5.03. The Hall–Kier alpha value is -0.640. The summed E-state index contributed by atoms with van der Waals surface area (Å²) < 4.78 is 21.5. The molecular weight excluding hydrogens is 282 g/mol. The summed E-state index contributed by atoms with van der Waals surface area (Å²) in [6.07, 6.45) is 1.21. The standard InChI is InChI=1S/C17H33NO4/c1-4-6-8-19-10-12-21-14-15-22-13-11-20-9-7-18-16-17(3)5-2/h17-18H,5,7-16H2,1-3H3. The lowest BCUT2D eigenvalue weighted by Gasteiger charge is -2.10. The van der Waals surface area contributed by atoms with Crippen LogP contribution in [0.15, 0.2) is 0 Å². The first kappa shape index (κ1) is 21.4. The molecule has 1 atom stereocenters. The summed E-state index contributed by atoms with van der Waals surface area (Å²) in [4.78, 5) is 0. The van der Waals surface area contributed by atoms with Gasteiger partial charge in [-0.2, -0.15) is 0 Å². The van der Waals surface area contributed by atoms with Gasteiger partial charge in [0.2, 0.25) is 0 Å². The summed E-state index contributed by atoms with van der Waals surface area (Å²) in [5.74, 6) is 6.33. The molecule has 0 radical (unpaired) electrons. The molecule has 0 amide bonds. The van der Waals surface area contributed by atoms with Crippen molar-refractivity contribution in [2.45, 2.75) is 27.2 Å². The van der Waals surface area contributed by atoms with Crippen LogP contribution in [0.4, 0.5) is 0 Å². The van der Waals surface area contributed by atoms with Gasteiger partial charge >= 0.3 is 0 Å². The minimum absolute atomic E-state index is 0.472. The number of hydrogen-bond donors (Lipinski definition) is 1. The molecule has 5 nitrogen and oxygen atoms in total. The fraction of sp³-hybridized carbons (Fsp3) is 0.882. The van der Waals surface area contributed by atoms with Gasteiger partial charge in [-0.15, -0.1) is 5.92 Å². The maximum absolute atomic E-state index is 5.47. The average Bonchev–Trinajstić information content (AvgIpc) is 2.54. The van der Waals surface area contributed by atoms with E-state index in [2.05, 4.69) is 31.0 Å². The van der Waals surface area contributed by atoms with E-state index in [-0.39, 0.29) is 0 Å². The van der Waals surface area contributed by atoms with Gasteiger partial charge in [0, 0.05) is 6.54 Å². The zero-order valence-electron chi connectivity index (χ0n) is 14.5. The quantitative estimate of drug-likeness (QED) is 0.347. The molecule has 0 rings (SSSR count). The van der Waals surface area contributed by atoms with Gasteiger partial charge in [-0.05, 0) is 19.4 Å². The molecule has 0 aromatic rings. The maximum Gasteiger partial charge on any atom is 0.107 e. The van der Waals surface area contributed by atoms with Gasteiger partial charge in [0.05, 0.1) is 46.2 Å². The van der Waals surface area contributed by atoms with Crippen molar-refractivity contribution in [2.24, 2.45) is 5.92 Å². The van der Waals surface area contributed by atoms with Crippen LogP contribution in [0, 0.1) is 17.8 Å². The molecule has 0 aliphatic carbocycles. The van der Waals surface area contributed by atoms with E-state index in [0.717, 1.165) is 25.6 Å². The smallest absolute Gasteiger partial charge is 0.107 e. The number of hydrogen-bond acceptors (Lipinski definition) is 5. The third kappa shape index (κ3) is 17.4. The normalized spacial score (nSPS) is 12.0. The van der Waals surface area contributed by atoms with E-state index in [1.54, 1.807) is 6.92 Å². The van der Waals surface area contributed by atoms with Crippen molar-refractivity contribution in [3.8, 4) is 11.8 Å². The van der Waals surface area contributed by atoms with E-state index in [4.69, 9.17) is 18.9 Å². The molecule has 0 aromatic heterocycles. The first-order chi connectivity index (χ1) is 10.8. The summed E-state index contributed by atoms with van der Waals surface area (Å²) in [6, 6.07) is 0. The van der Waals surface area contributed by atoms with Crippen LogP contribution >= 0.6 is 0 Å². The van der Waals surface area contributed by atoms with Crippen molar-refractivity contribution in [3.05, 3.63) is 0 Å². The predicted molar refractivity (Wildman–Crippen MR) is 89.1 cm³/mol. The van der Waals surface area contributed by atoms with Gasteiger partial charge in [-0.25, -0.2) is 0 Å². The number of nitrogens with one attached hydrogen (secondary N) is 1. The van der Waals surface area contributed by atoms with E-state index < -0.39 is 0 Å². The highest BCUT2D eigenvalue weighted by molar-refractivity contribution is 4.94. The van der Waals surface area contributed by atoms with Crippen LogP contribution in [0.2, 0.25) is 0 Å². The van der Waals surface area contributed by atoms with Crippen LogP contribution in [-0.2, 0) is 18.9 Å². The molecule has 130 valence electrons. The zero-order valence-corrected chi connectivity index (χ0v) is 14.5. The van der Waals surface area contributed by atoms with Crippen molar-refractivity contribution in [1.82, 2.24) is 5.32 Å². The lowest BCUT2D eigenvalue weighted by molar-refractivity contribution is 0.00167. The zero-order chi connectivity index (χ0) is 16.3. The maximum atomic E-state index is 5.47. The molecule has 5 heteroatoms. The third-order valence-electron chi connectivity index (χ3n) is 3.08. The lowest BCUT2D eigenvalue weighted by Crippen LogP contribution is -2.25. The number of ether oxygens (including phenoxy) is 4. The van der Waals surface area contributed by atoms with Crippen LogP contribution in [0.1, 0.15) is 27.2 Å². The SMILES string of the molecule is CC#CCOCCOCCOCCOCCNCC(C)CC. The van der Waals surface area contributed by atoms with Gasteiger partial charge in [0.15, 0.2) is 0 Å². The van der Waals surface area contributed by atoms with Crippen molar-refractivity contribution in [3.63, 3.8) is 0 Å². The van der Waals surface area contributed by atoms with Crippen molar-refractivity contribution < 1.29 is 18.9 Å². The summed E-state index contributed by atoms with van der Waals surface area (Å²) in [5, 5.41) is 3.37. The summed E-state index contributed by atoms with van der Waals surface area (Å²) in [5.41, 5.74) is 0. The summed E-state index contributed by atoms with van der Waals surface area (Å²) in [6.45, 7) is 13.0. The highest BCUT2D eigenvalue weighted by atomic mass is 16.6. The van der Waals surface area contributed by atoms with E-state index in [1.807, 2.05) is 0 Å². The van der Waals surface area contributed by atoms with Crippen LogP contribution in [-0.4, -0.2) is 65.9 Å². The Morgan fingerprint density at radius 2 is 1.41 bits per heavy atom. The molecule has 0 aromatic carbocycles. The van der Waals surface area contributed by atoms with Crippen LogP contribution in [0.25, 0.3) is 0 Å². The van der Waals surface area contributed by atoms with Gasteiger partial charge in [-0.1, -0.05) is 26.2 Å². The molecule has 1 N–H and O–H groups in total. The van der Waals surface area contributed by atoms with Gasteiger partial charge in [-0.3, -0.25) is 0 Å². The Morgan fingerprint density at radius 3 is 1.95 bits per heavy atom. The predicted octanol–water partition coefficient (Wildman–Crippen LogP) is 1.71. The van der Waals surface area contributed by atoms with Gasteiger partial charge in [0.25, 0.3) is 0 Å². The average molecular weight is 315 g/mol. The van der Waals surface area contributed by atoms with E-state index in [9.17, 15) is 0 Å². The molecule has 0 saturated heterocycles. The van der Waals surface area contributed by atoms with Crippen LogP contribution in [0.5, 0.6) is 0 Å². The fourth-order valence-corrected chi connectivity index (χ4v) is 1.49. The second kappa shape index (κ2) is 18.4. The summed E-state index contributed by atoms with van der Waals surface area (Å²) in [7, 11) is 0. The molecule has 0 aliphatic rings. The van der Waals surface area contributed by atoms with Crippen molar-refractivity contribution >= 4 is 0 Å². The van der Waals surface area contributed by atoms with E-state index in [0.29, 0.717) is 46.2 Å². The van der Waals surface area contributed by atoms with Crippen LogP contribution in [0.3, 0.4) is 0 Å². The highest BCUT2D eigenvalue weighted by Gasteiger charge is 1.97. The minimum atomic E-state index is 0.472. The van der Waals surface area contributed by atoms with E-state index in [1.165, 1.54) is 6.42 Å². The molecular formula is C17H33NO4. The molecule has 0 bridgehead atoms. The molecule has 0 heterocycles. The summed E-state index contributed by atoms with van der Waals surface area (Å²) >= 11 is 0. The Bertz CT molecular complexity index is 276. The monoisotopic (exact) mass is 315 g/mol. The van der Waals surface area contributed by atoms with Crippen molar-refractivity contribution in [1.29, 1.82) is 0 Å². The van der Waals surface area contributed by atoms with Crippen molar-refractivity contribution in [2.75, 3.05) is 65.9 Å². The topological polar surface area (TPSA) is 49.0 Å². The van der Waals surface area contributed by atoms with E-state index >= 15 is 0 Å². The highest BCUT2D eigenvalue weighted by Crippen LogP contribution is 1.96. The molecule has 1 unspecified atom stereocenters. The van der Waals surface area contributed by atoms with Gasteiger partial charge < -0.3 is 24.3 Å².